The predicted molar refractivity (Wildman–Crippen MR) is 75.4 cm³/mol. The van der Waals surface area contributed by atoms with E-state index in [0.29, 0.717) is 5.69 Å². The van der Waals surface area contributed by atoms with Gasteiger partial charge < -0.3 is 16.0 Å². The third-order valence-electron chi connectivity index (χ3n) is 3.27. The van der Waals surface area contributed by atoms with E-state index in [1.54, 1.807) is 13.2 Å². The summed E-state index contributed by atoms with van der Waals surface area (Å²) in [6, 6.07) is 1.85. The van der Waals surface area contributed by atoms with Gasteiger partial charge in [0.05, 0.1) is 5.69 Å². The van der Waals surface area contributed by atoms with Gasteiger partial charge in [-0.25, -0.2) is 4.98 Å². The molecule has 2 heterocycles. The number of hydrogen-bond acceptors (Lipinski definition) is 4. The maximum absolute atomic E-state index is 11.5. The van der Waals surface area contributed by atoms with E-state index < -0.39 is 0 Å². The van der Waals surface area contributed by atoms with Crippen LogP contribution in [0.3, 0.4) is 0 Å². The molecule has 6 heteroatoms. The summed E-state index contributed by atoms with van der Waals surface area (Å²) < 4.78 is 0.879. The molecule has 98 valence electrons. The summed E-state index contributed by atoms with van der Waals surface area (Å²) in [6.45, 7) is 1.63. The molecule has 1 aromatic heterocycles. The quantitative estimate of drug-likeness (QED) is 0.865. The Hall–Kier alpha value is -1.30. The number of carbonyl (C=O) groups is 1. The number of pyridine rings is 1. The largest absolute Gasteiger partial charge is 0.396 e. The fraction of sp³-hybridized carbons (Fsp3) is 0.500. The van der Waals surface area contributed by atoms with E-state index in [4.69, 9.17) is 5.73 Å². The molecule has 18 heavy (non-hydrogen) atoms. The highest BCUT2D eigenvalue weighted by Gasteiger charge is 2.25. The SMILES string of the molecule is CNC(=O)C1CCN(c2ncc(Br)cc2N)CC1. The zero-order chi connectivity index (χ0) is 13.1. The van der Waals surface area contributed by atoms with Gasteiger partial charge in [0, 0.05) is 36.7 Å². The number of piperidine rings is 1. The third kappa shape index (κ3) is 2.75. The number of nitrogens with one attached hydrogen (secondary N) is 1. The van der Waals surface area contributed by atoms with Gasteiger partial charge in [0.2, 0.25) is 5.91 Å². The van der Waals surface area contributed by atoms with E-state index in [9.17, 15) is 4.79 Å². The number of halogens is 1. The zero-order valence-electron chi connectivity index (χ0n) is 10.3. The van der Waals surface area contributed by atoms with Gasteiger partial charge in [-0.1, -0.05) is 0 Å². The fourth-order valence-corrected chi connectivity index (χ4v) is 2.62. The van der Waals surface area contributed by atoms with Crippen molar-refractivity contribution >= 4 is 33.3 Å². The highest BCUT2D eigenvalue weighted by Crippen LogP contribution is 2.27. The van der Waals surface area contributed by atoms with Crippen LogP contribution < -0.4 is 16.0 Å². The first kappa shape index (κ1) is 13.1. The lowest BCUT2D eigenvalue weighted by Gasteiger charge is -2.32. The van der Waals surface area contributed by atoms with Crippen LogP contribution >= 0.6 is 15.9 Å². The zero-order valence-corrected chi connectivity index (χ0v) is 11.9. The average molecular weight is 313 g/mol. The van der Waals surface area contributed by atoms with Gasteiger partial charge in [-0.2, -0.15) is 0 Å². The molecule has 0 aliphatic carbocycles. The summed E-state index contributed by atoms with van der Waals surface area (Å²) in [4.78, 5) is 18.0. The third-order valence-corrected chi connectivity index (χ3v) is 3.71. The van der Waals surface area contributed by atoms with E-state index in [-0.39, 0.29) is 11.8 Å². The number of aromatic nitrogens is 1. The van der Waals surface area contributed by atoms with Gasteiger partial charge in [0.15, 0.2) is 5.82 Å². The van der Waals surface area contributed by atoms with Crippen LogP contribution in [-0.2, 0) is 4.79 Å². The lowest BCUT2D eigenvalue weighted by molar-refractivity contribution is -0.125. The van der Waals surface area contributed by atoms with Crippen molar-refractivity contribution in [3.8, 4) is 0 Å². The molecule has 0 atom stereocenters. The van der Waals surface area contributed by atoms with E-state index in [0.717, 1.165) is 36.2 Å². The Morgan fingerprint density at radius 2 is 2.22 bits per heavy atom. The summed E-state index contributed by atoms with van der Waals surface area (Å²) in [7, 11) is 1.68. The Kier molecular flexibility index (Phi) is 4.06. The molecule has 0 aromatic carbocycles. The van der Waals surface area contributed by atoms with Crippen molar-refractivity contribution in [1.29, 1.82) is 0 Å². The normalized spacial score (nSPS) is 16.7. The molecule has 1 aliphatic heterocycles. The van der Waals surface area contributed by atoms with Crippen molar-refractivity contribution in [1.82, 2.24) is 10.3 Å². The average Bonchev–Trinajstić information content (AvgIpc) is 2.38. The summed E-state index contributed by atoms with van der Waals surface area (Å²) in [6.07, 6.45) is 3.43. The van der Waals surface area contributed by atoms with Crippen LogP contribution in [0.25, 0.3) is 0 Å². The topological polar surface area (TPSA) is 71.2 Å². The lowest BCUT2D eigenvalue weighted by atomic mass is 9.96. The molecule has 0 radical (unpaired) electrons. The highest BCUT2D eigenvalue weighted by molar-refractivity contribution is 9.10. The molecule has 1 amide bonds. The molecule has 0 unspecified atom stereocenters. The second kappa shape index (κ2) is 5.56. The predicted octanol–water partition coefficient (Wildman–Crippen LogP) is 1.39. The Morgan fingerprint density at radius 3 is 2.78 bits per heavy atom. The van der Waals surface area contributed by atoms with Gasteiger partial charge in [-0.15, -0.1) is 0 Å². The second-order valence-electron chi connectivity index (χ2n) is 4.44. The van der Waals surface area contributed by atoms with E-state index in [1.165, 1.54) is 0 Å². The van der Waals surface area contributed by atoms with Crippen molar-refractivity contribution in [3.63, 3.8) is 0 Å². The van der Waals surface area contributed by atoms with Crippen LogP contribution in [0, 0.1) is 5.92 Å². The Balaban J connectivity index is 2.03. The number of amides is 1. The molecule has 1 aromatic rings. The molecule has 1 aliphatic rings. The highest BCUT2D eigenvalue weighted by atomic mass is 79.9. The molecule has 0 spiro atoms. The summed E-state index contributed by atoms with van der Waals surface area (Å²) in [5, 5.41) is 2.70. The Morgan fingerprint density at radius 1 is 1.56 bits per heavy atom. The molecule has 3 N–H and O–H groups in total. The van der Waals surface area contributed by atoms with Gasteiger partial charge in [-0.05, 0) is 34.8 Å². The smallest absolute Gasteiger partial charge is 0.222 e. The van der Waals surface area contributed by atoms with Crippen molar-refractivity contribution < 1.29 is 4.79 Å². The summed E-state index contributed by atoms with van der Waals surface area (Å²) >= 11 is 3.34. The Bertz CT molecular complexity index is 444. The number of hydrogen-bond donors (Lipinski definition) is 2. The maximum Gasteiger partial charge on any atom is 0.222 e. The first-order valence-corrected chi connectivity index (χ1v) is 6.78. The van der Waals surface area contributed by atoms with Crippen molar-refractivity contribution in [2.24, 2.45) is 5.92 Å². The lowest BCUT2D eigenvalue weighted by Crippen LogP contribution is -2.40. The van der Waals surface area contributed by atoms with E-state index >= 15 is 0 Å². The second-order valence-corrected chi connectivity index (χ2v) is 5.36. The van der Waals surface area contributed by atoms with Crippen molar-refractivity contribution in [2.45, 2.75) is 12.8 Å². The molecule has 2 rings (SSSR count). The van der Waals surface area contributed by atoms with Crippen molar-refractivity contribution in [2.75, 3.05) is 30.8 Å². The van der Waals surface area contributed by atoms with Gasteiger partial charge in [0.1, 0.15) is 0 Å². The number of rotatable bonds is 2. The number of nitrogens with zero attached hydrogens (tertiary/aromatic N) is 2. The van der Waals surface area contributed by atoms with Crippen molar-refractivity contribution in [3.05, 3.63) is 16.7 Å². The van der Waals surface area contributed by atoms with E-state index in [2.05, 4.69) is 31.1 Å². The minimum Gasteiger partial charge on any atom is -0.396 e. The molecular weight excluding hydrogens is 296 g/mol. The summed E-state index contributed by atoms with van der Waals surface area (Å²) in [5.74, 6) is 1.06. The molecule has 0 saturated carbocycles. The number of anilines is 2. The molecule has 1 saturated heterocycles. The standard InChI is InChI=1S/C12H17BrN4O/c1-15-12(18)8-2-4-17(5-3-8)11-10(14)6-9(13)7-16-11/h6-8H,2-5,14H2,1H3,(H,15,18). The minimum atomic E-state index is 0.114. The number of carbonyl (C=O) groups excluding carboxylic acids is 1. The van der Waals surface area contributed by atoms with Gasteiger partial charge in [0.25, 0.3) is 0 Å². The van der Waals surface area contributed by atoms with Gasteiger partial charge >= 0.3 is 0 Å². The fourth-order valence-electron chi connectivity index (χ4n) is 2.27. The molecule has 0 bridgehead atoms. The van der Waals surface area contributed by atoms with Crippen LogP contribution in [-0.4, -0.2) is 31.0 Å². The monoisotopic (exact) mass is 312 g/mol. The summed E-state index contributed by atoms with van der Waals surface area (Å²) in [5.41, 5.74) is 6.63. The van der Waals surface area contributed by atoms with Crippen LogP contribution in [0.1, 0.15) is 12.8 Å². The van der Waals surface area contributed by atoms with Gasteiger partial charge in [-0.3, -0.25) is 4.79 Å². The maximum atomic E-state index is 11.5. The molecule has 5 nitrogen and oxygen atoms in total. The number of nitrogen functional groups attached to an aromatic ring is 1. The Labute approximate surface area is 115 Å². The first-order chi connectivity index (χ1) is 8.61. The van der Waals surface area contributed by atoms with Crippen LogP contribution in [0.2, 0.25) is 0 Å². The minimum absolute atomic E-state index is 0.114. The first-order valence-electron chi connectivity index (χ1n) is 5.99. The number of nitrogens with two attached hydrogens (primary N) is 1. The van der Waals surface area contributed by atoms with E-state index in [1.807, 2.05) is 6.07 Å². The molecular formula is C12H17BrN4O. The van der Waals surface area contributed by atoms with Crippen LogP contribution in [0.15, 0.2) is 16.7 Å². The van der Waals surface area contributed by atoms with Crippen LogP contribution in [0.5, 0.6) is 0 Å². The van der Waals surface area contributed by atoms with Crippen LogP contribution in [0.4, 0.5) is 11.5 Å². The molecule has 1 fully saturated rings.